The highest BCUT2D eigenvalue weighted by molar-refractivity contribution is 5.80. The number of anilines is 1. The molecule has 1 aromatic carbocycles. The highest BCUT2D eigenvalue weighted by atomic mass is 16.5. The summed E-state index contributed by atoms with van der Waals surface area (Å²) in [5.74, 6) is 0.835. The summed E-state index contributed by atoms with van der Waals surface area (Å²) in [5.41, 5.74) is 8.65. The maximum atomic E-state index is 10.5. The number of benzene rings is 1. The fraction of sp³-hybridized carbons (Fsp3) is 0.412. The Morgan fingerprint density at radius 2 is 2.19 bits per heavy atom. The van der Waals surface area contributed by atoms with Gasteiger partial charge in [-0.15, -0.1) is 0 Å². The van der Waals surface area contributed by atoms with E-state index in [4.69, 9.17) is 14.9 Å². The van der Waals surface area contributed by atoms with Crippen LogP contribution in [-0.2, 0) is 11.2 Å². The van der Waals surface area contributed by atoms with E-state index in [1.165, 1.54) is 5.56 Å². The third kappa shape index (κ3) is 2.63. The van der Waals surface area contributed by atoms with Gasteiger partial charge in [-0.25, -0.2) is 0 Å². The molecule has 21 heavy (non-hydrogen) atoms. The number of nitrogens with two attached hydrogens (primary N) is 1. The quantitative estimate of drug-likeness (QED) is 0.894. The molecule has 1 aromatic heterocycles. The molecule has 1 aliphatic rings. The molecule has 1 aliphatic heterocycles. The number of aryl methyl sites for hydroxylation is 1. The van der Waals surface area contributed by atoms with Gasteiger partial charge in [-0.1, -0.05) is 31.2 Å². The van der Waals surface area contributed by atoms with Gasteiger partial charge in [-0.3, -0.25) is 0 Å². The third-order valence-electron chi connectivity index (χ3n) is 4.03. The van der Waals surface area contributed by atoms with Crippen molar-refractivity contribution in [1.82, 2.24) is 0 Å². The molecule has 1 atom stereocenters. The summed E-state index contributed by atoms with van der Waals surface area (Å²) in [6, 6.07) is 8.00. The molecule has 0 radical (unpaired) electrons. The molecule has 0 spiro atoms. The summed E-state index contributed by atoms with van der Waals surface area (Å²) in [4.78, 5) is 0. The van der Waals surface area contributed by atoms with Gasteiger partial charge in [0.1, 0.15) is 6.10 Å². The lowest BCUT2D eigenvalue weighted by molar-refractivity contribution is 0.000703. The van der Waals surface area contributed by atoms with Gasteiger partial charge in [-0.05, 0) is 36.8 Å². The number of ether oxygens (including phenoxy) is 1. The molecule has 0 aliphatic carbocycles. The van der Waals surface area contributed by atoms with Crippen LogP contribution in [0.3, 0.4) is 0 Å². The Balaban J connectivity index is 2.00. The van der Waals surface area contributed by atoms with E-state index >= 15 is 0 Å². The van der Waals surface area contributed by atoms with Crippen LogP contribution in [0, 0.1) is 0 Å². The van der Waals surface area contributed by atoms with Crippen molar-refractivity contribution in [3.8, 4) is 16.9 Å². The van der Waals surface area contributed by atoms with Crippen LogP contribution in [0.5, 0.6) is 5.75 Å². The van der Waals surface area contributed by atoms with Crippen molar-refractivity contribution in [2.24, 2.45) is 0 Å². The Hall–Kier alpha value is -1.94. The molecule has 0 amide bonds. The van der Waals surface area contributed by atoms with Gasteiger partial charge >= 0.3 is 0 Å². The predicted molar refractivity (Wildman–Crippen MR) is 82.1 cm³/mol. The first-order valence-corrected chi connectivity index (χ1v) is 7.52. The Kier molecular flexibility index (Phi) is 3.88. The zero-order valence-electron chi connectivity index (χ0n) is 12.3. The van der Waals surface area contributed by atoms with E-state index in [0.29, 0.717) is 17.9 Å². The molecule has 2 heterocycles. The monoisotopic (exact) mass is 287 g/mol. The van der Waals surface area contributed by atoms with Gasteiger partial charge in [0, 0.05) is 6.61 Å². The van der Waals surface area contributed by atoms with Crippen molar-refractivity contribution >= 4 is 5.88 Å². The van der Waals surface area contributed by atoms with Crippen LogP contribution in [-0.4, -0.2) is 11.7 Å². The standard InChI is InChI=1S/C17H21NO3/c1-2-11-6-5-7-12(10-11)14-15(19)16(21-17(14)18)13-8-3-4-9-20-13/h5-7,10,13,19H,2-4,8-9,18H2,1H3. The van der Waals surface area contributed by atoms with Gasteiger partial charge in [0.25, 0.3) is 0 Å². The normalized spacial score (nSPS) is 18.8. The van der Waals surface area contributed by atoms with Crippen molar-refractivity contribution in [2.75, 3.05) is 12.3 Å². The van der Waals surface area contributed by atoms with Gasteiger partial charge in [0.2, 0.25) is 5.88 Å². The predicted octanol–water partition coefficient (Wildman–Crippen LogP) is 4.04. The van der Waals surface area contributed by atoms with E-state index in [2.05, 4.69) is 13.0 Å². The van der Waals surface area contributed by atoms with Crippen LogP contribution in [0.15, 0.2) is 28.7 Å². The Bertz CT molecular complexity index is 627. The summed E-state index contributed by atoms with van der Waals surface area (Å²) in [6.45, 7) is 2.80. The number of aromatic hydroxyl groups is 1. The van der Waals surface area contributed by atoms with Crippen molar-refractivity contribution in [1.29, 1.82) is 0 Å². The minimum atomic E-state index is -0.191. The van der Waals surface area contributed by atoms with Crippen LogP contribution in [0.25, 0.3) is 11.1 Å². The number of hydrogen-bond donors (Lipinski definition) is 2. The summed E-state index contributed by atoms with van der Waals surface area (Å²) in [7, 11) is 0. The molecular formula is C17H21NO3. The second-order valence-corrected chi connectivity index (χ2v) is 5.46. The molecule has 0 saturated carbocycles. The van der Waals surface area contributed by atoms with E-state index in [0.717, 1.165) is 31.2 Å². The maximum absolute atomic E-state index is 10.5. The molecule has 2 aromatic rings. The van der Waals surface area contributed by atoms with E-state index in [1.54, 1.807) is 0 Å². The van der Waals surface area contributed by atoms with Crippen molar-refractivity contribution in [3.63, 3.8) is 0 Å². The molecule has 1 fully saturated rings. The van der Waals surface area contributed by atoms with Gasteiger partial charge < -0.3 is 20.0 Å². The first-order chi connectivity index (χ1) is 10.2. The largest absolute Gasteiger partial charge is 0.504 e. The number of furan rings is 1. The molecule has 1 unspecified atom stereocenters. The molecule has 3 N–H and O–H groups in total. The van der Waals surface area contributed by atoms with E-state index in [1.807, 2.05) is 18.2 Å². The van der Waals surface area contributed by atoms with Crippen LogP contribution in [0.1, 0.15) is 43.6 Å². The Labute approximate surface area is 124 Å². The van der Waals surface area contributed by atoms with Crippen LogP contribution >= 0.6 is 0 Å². The second-order valence-electron chi connectivity index (χ2n) is 5.46. The molecule has 0 bridgehead atoms. The van der Waals surface area contributed by atoms with E-state index < -0.39 is 0 Å². The number of nitrogen functional groups attached to an aromatic ring is 1. The van der Waals surface area contributed by atoms with Gasteiger partial charge in [-0.2, -0.15) is 0 Å². The SMILES string of the molecule is CCc1cccc(-c2c(N)oc(C3CCCCO3)c2O)c1. The van der Waals surface area contributed by atoms with E-state index in [9.17, 15) is 5.11 Å². The topological polar surface area (TPSA) is 68.6 Å². The van der Waals surface area contributed by atoms with Gasteiger partial charge in [0.05, 0.1) is 5.56 Å². The summed E-state index contributed by atoms with van der Waals surface area (Å²) in [6.07, 6.45) is 3.73. The highest BCUT2D eigenvalue weighted by Gasteiger charge is 2.28. The fourth-order valence-electron chi connectivity index (χ4n) is 2.85. The number of rotatable bonds is 3. The van der Waals surface area contributed by atoms with Crippen LogP contribution in [0.2, 0.25) is 0 Å². The lowest BCUT2D eigenvalue weighted by Crippen LogP contribution is -2.10. The maximum Gasteiger partial charge on any atom is 0.202 e. The Morgan fingerprint density at radius 3 is 2.90 bits per heavy atom. The average Bonchev–Trinajstić information content (AvgIpc) is 2.83. The van der Waals surface area contributed by atoms with Crippen molar-refractivity contribution in [2.45, 2.75) is 38.7 Å². The molecule has 3 rings (SSSR count). The second kappa shape index (κ2) is 5.82. The van der Waals surface area contributed by atoms with Crippen molar-refractivity contribution in [3.05, 3.63) is 35.6 Å². The average molecular weight is 287 g/mol. The lowest BCUT2D eigenvalue weighted by atomic mass is 10.0. The number of hydrogen-bond acceptors (Lipinski definition) is 4. The minimum Gasteiger partial charge on any atom is -0.504 e. The zero-order chi connectivity index (χ0) is 14.8. The first-order valence-electron chi connectivity index (χ1n) is 7.52. The van der Waals surface area contributed by atoms with Crippen LogP contribution in [0.4, 0.5) is 5.88 Å². The zero-order valence-corrected chi connectivity index (χ0v) is 12.3. The lowest BCUT2D eigenvalue weighted by Gasteiger charge is -2.20. The summed E-state index contributed by atoms with van der Waals surface area (Å²) < 4.78 is 11.3. The Morgan fingerprint density at radius 1 is 1.33 bits per heavy atom. The summed E-state index contributed by atoms with van der Waals surface area (Å²) >= 11 is 0. The molecular weight excluding hydrogens is 266 g/mol. The third-order valence-corrected chi connectivity index (χ3v) is 4.03. The van der Waals surface area contributed by atoms with E-state index in [-0.39, 0.29) is 17.7 Å². The molecule has 112 valence electrons. The fourth-order valence-corrected chi connectivity index (χ4v) is 2.85. The molecule has 4 nitrogen and oxygen atoms in total. The van der Waals surface area contributed by atoms with Gasteiger partial charge in [0.15, 0.2) is 11.5 Å². The molecule has 4 heteroatoms. The summed E-state index contributed by atoms with van der Waals surface area (Å²) in [5, 5.41) is 10.5. The van der Waals surface area contributed by atoms with Crippen LogP contribution < -0.4 is 5.73 Å². The first kappa shape index (κ1) is 14.0. The smallest absolute Gasteiger partial charge is 0.202 e. The minimum absolute atomic E-state index is 0.118. The van der Waals surface area contributed by atoms with Crippen molar-refractivity contribution < 1.29 is 14.3 Å². The highest BCUT2D eigenvalue weighted by Crippen LogP contribution is 2.45. The molecule has 1 saturated heterocycles.